The first kappa shape index (κ1) is 19.3. The van der Waals surface area contributed by atoms with E-state index in [1.165, 1.54) is 25.7 Å². The first-order chi connectivity index (χ1) is 14.2. The monoisotopic (exact) mass is 392 g/mol. The van der Waals surface area contributed by atoms with Gasteiger partial charge in [0.15, 0.2) is 0 Å². The number of hydrogen-bond acceptors (Lipinski definition) is 7. The third kappa shape index (κ3) is 4.07. The molecule has 0 atom stereocenters. The number of fused-ring (bicyclic) bond motifs is 1. The van der Waals surface area contributed by atoms with Gasteiger partial charge in [0.05, 0.1) is 17.4 Å². The molecule has 3 aromatic rings. The highest BCUT2D eigenvalue weighted by atomic mass is 15.3. The molecule has 4 rings (SSSR count). The standard InChI is InChI=1S/C21H28N8/c1-23-16-6-3-14(4-7-16)12-25-21-26-13-20-17(9-10-29(20)28-21)15-5-8-18(27-22)19(11-15)24-2/h5,8-11,13-14,16,22-24H,3-4,6-7,12H2,1-2H3,(H,25,28)/t14-,16-. The lowest BCUT2D eigenvalue weighted by molar-refractivity contribution is 0.312. The highest BCUT2D eigenvalue weighted by Gasteiger charge is 2.20. The van der Waals surface area contributed by atoms with E-state index in [-0.39, 0.29) is 0 Å². The summed E-state index contributed by atoms with van der Waals surface area (Å²) in [7, 11) is 3.88. The molecule has 2 heterocycles. The van der Waals surface area contributed by atoms with E-state index in [1.54, 1.807) is 0 Å². The lowest BCUT2D eigenvalue weighted by Gasteiger charge is -2.28. The Morgan fingerprint density at radius 3 is 2.72 bits per heavy atom. The van der Waals surface area contributed by atoms with Crippen molar-refractivity contribution < 1.29 is 0 Å². The van der Waals surface area contributed by atoms with Crippen LogP contribution in [0.25, 0.3) is 16.6 Å². The van der Waals surface area contributed by atoms with E-state index in [0.717, 1.165) is 28.9 Å². The van der Waals surface area contributed by atoms with Gasteiger partial charge >= 0.3 is 0 Å². The number of nitrogens with zero attached hydrogens (tertiary/aromatic N) is 4. The van der Waals surface area contributed by atoms with Crippen LogP contribution in [0.3, 0.4) is 0 Å². The molecule has 152 valence electrons. The lowest BCUT2D eigenvalue weighted by atomic mass is 9.86. The summed E-state index contributed by atoms with van der Waals surface area (Å²) in [5.74, 6) is 1.34. The number of hydrogen-bond donors (Lipinski definition) is 4. The Kier molecular flexibility index (Phi) is 5.71. The van der Waals surface area contributed by atoms with Crippen LogP contribution in [0.5, 0.6) is 0 Å². The first-order valence-electron chi connectivity index (χ1n) is 10.2. The van der Waals surface area contributed by atoms with E-state index >= 15 is 0 Å². The van der Waals surface area contributed by atoms with Crippen LogP contribution in [0.15, 0.2) is 41.8 Å². The van der Waals surface area contributed by atoms with E-state index in [2.05, 4.69) is 38.2 Å². The summed E-state index contributed by atoms with van der Waals surface area (Å²) in [6.07, 6.45) is 8.78. The van der Waals surface area contributed by atoms with E-state index < -0.39 is 0 Å². The Morgan fingerprint density at radius 1 is 1.17 bits per heavy atom. The van der Waals surface area contributed by atoms with E-state index in [1.807, 2.05) is 48.2 Å². The molecular formula is C21H28N8. The van der Waals surface area contributed by atoms with Crippen LogP contribution >= 0.6 is 0 Å². The number of benzene rings is 1. The number of rotatable bonds is 7. The fourth-order valence-electron chi connectivity index (χ4n) is 4.12. The van der Waals surface area contributed by atoms with Gasteiger partial charge in [-0.25, -0.2) is 15.0 Å². The van der Waals surface area contributed by atoms with Crippen molar-refractivity contribution >= 4 is 22.8 Å². The van der Waals surface area contributed by atoms with Crippen LogP contribution in [0.1, 0.15) is 25.7 Å². The topological polar surface area (TPSA) is 102 Å². The largest absolute Gasteiger partial charge is 0.386 e. The van der Waals surface area contributed by atoms with Gasteiger partial charge in [0.1, 0.15) is 5.69 Å². The summed E-state index contributed by atoms with van der Waals surface area (Å²) in [5, 5.41) is 18.1. The smallest absolute Gasteiger partial charge is 0.241 e. The first-order valence-corrected chi connectivity index (χ1v) is 10.2. The fourth-order valence-corrected chi connectivity index (χ4v) is 4.12. The van der Waals surface area contributed by atoms with Gasteiger partial charge in [-0.1, -0.05) is 6.07 Å². The van der Waals surface area contributed by atoms with Crippen LogP contribution in [0, 0.1) is 11.4 Å². The van der Waals surface area contributed by atoms with Crippen molar-refractivity contribution in [2.45, 2.75) is 31.7 Å². The van der Waals surface area contributed by atoms with Crippen molar-refractivity contribution in [1.29, 1.82) is 5.53 Å². The molecule has 4 N–H and O–H groups in total. The third-order valence-corrected chi connectivity index (χ3v) is 5.92. The molecule has 8 heteroatoms. The molecule has 1 saturated carbocycles. The molecule has 0 saturated heterocycles. The number of anilines is 2. The Morgan fingerprint density at radius 2 is 2.00 bits per heavy atom. The Labute approximate surface area is 170 Å². The minimum absolute atomic E-state index is 0.617. The quantitative estimate of drug-likeness (QED) is 0.449. The predicted octanol–water partition coefficient (Wildman–Crippen LogP) is 4.29. The number of nitrogens with one attached hydrogen (secondary N) is 4. The fraction of sp³-hybridized carbons (Fsp3) is 0.429. The molecule has 1 aromatic carbocycles. The summed E-state index contributed by atoms with van der Waals surface area (Å²) >= 11 is 0. The zero-order valence-corrected chi connectivity index (χ0v) is 16.9. The Bertz CT molecular complexity index is 988. The summed E-state index contributed by atoms with van der Waals surface area (Å²) < 4.78 is 1.87. The van der Waals surface area contributed by atoms with Crippen LogP contribution in [-0.2, 0) is 0 Å². The molecule has 0 aliphatic heterocycles. The van der Waals surface area contributed by atoms with Crippen LogP contribution in [0.4, 0.5) is 17.3 Å². The molecule has 0 unspecified atom stereocenters. The number of aromatic nitrogens is 3. The van der Waals surface area contributed by atoms with Gasteiger partial charge in [-0.15, -0.1) is 5.10 Å². The average Bonchev–Trinajstić information content (AvgIpc) is 3.20. The van der Waals surface area contributed by atoms with Crippen LogP contribution in [-0.4, -0.2) is 41.3 Å². The maximum absolute atomic E-state index is 7.27. The third-order valence-electron chi connectivity index (χ3n) is 5.92. The van der Waals surface area contributed by atoms with Gasteiger partial charge in [-0.05, 0) is 62.4 Å². The zero-order valence-electron chi connectivity index (χ0n) is 16.9. The summed E-state index contributed by atoms with van der Waals surface area (Å²) in [6.45, 7) is 0.916. The molecule has 8 nitrogen and oxygen atoms in total. The van der Waals surface area contributed by atoms with Crippen molar-refractivity contribution in [3.8, 4) is 11.1 Å². The minimum Gasteiger partial charge on any atom is -0.386 e. The van der Waals surface area contributed by atoms with Gasteiger partial charge in [0, 0.05) is 31.4 Å². The molecule has 1 aliphatic rings. The van der Waals surface area contributed by atoms with Gasteiger partial charge in [0.25, 0.3) is 0 Å². The summed E-state index contributed by atoms with van der Waals surface area (Å²) in [4.78, 5) is 4.54. The highest BCUT2D eigenvalue weighted by molar-refractivity contribution is 5.84. The second-order valence-corrected chi connectivity index (χ2v) is 7.62. The van der Waals surface area contributed by atoms with E-state index in [9.17, 15) is 0 Å². The SMILES string of the molecule is CNc1cc(-c2ccn3nc(NC[C@H]4CC[C@H](NC)CC4)ncc23)ccc1N=N. The molecule has 0 amide bonds. The Hall–Kier alpha value is -3.00. The lowest BCUT2D eigenvalue weighted by Crippen LogP contribution is -2.32. The molecule has 0 radical (unpaired) electrons. The van der Waals surface area contributed by atoms with Crippen molar-refractivity contribution in [2.24, 2.45) is 11.0 Å². The summed E-state index contributed by atoms with van der Waals surface area (Å²) in [6, 6.07) is 8.52. The molecule has 0 bridgehead atoms. The van der Waals surface area contributed by atoms with Crippen LogP contribution in [0.2, 0.25) is 0 Å². The van der Waals surface area contributed by atoms with Crippen molar-refractivity contribution in [3.05, 3.63) is 36.7 Å². The summed E-state index contributed by atoms with van der Waals surface area (Å²) in [5.41, 5.74) is 11.7. The second kappa shape index (κ2) is 8.57. The van der Waals surface area contributed by atoms with Crippen LogP contribution < -0.4 is 16.0 Å². The Balaban J connectivity index is 1.48. The molecule has 1 fully saturated rings. The van der Waals surface area contributed by atoms with Gasteiger partial charge < -0.3 is 16.0 Å². The maximum atomic E-state index is 7.27. The van der Waals surface area contributed by atoms with Crippen molar-refractivity contribution in [2.75, 3.05) is 31.3 Å². The zero-order chi connectivity index (χ0) is 20.2. The van der Waals surface area contributed by atoms with Gasteiger partial charge in [-0.2, -0.15) is 5.11 Å². The van der Waals surface area contributed by atoms with Gasteiger partial charge in [0.2, 0.25) is 5.95 Å². The molecule has 29 heavy (non-hydrogen) atoms. The highest BCUT2D eigenvalue weighted by Crippen LogP contribution is 2.33. The molecular weight excluding hydrogens is 364 g/mol. The van der Waals surface area contributed by atoms with Crippen molar-refractivity contribution in [3.63, 3.8) is 0 Å². The maximum Gasteiger partial charge on any atom is 0.241 e. The molecule has 0 spiro atoms. The predicted molar refractivity (Wildman–Crippen MR) is 116 cm³/mol. The molecule has 1 aliphatic carbocycles. The average molecular weight is 393 g/mol. The normalized spacial score (nSPS) is 19.2. The van der Waals surface area contributed by atoms with E-state index in [4.69, 9.17) is 5.53 Å². The molecule has 2 aromatic heterocycles. The minimum atomic E-state index is 0.617. The van der Waals surface area contributed by atoms with E-state index in [0.29, 0.717) is 23.6 Å². The van der Waals surface area contributed by atoms with Gasteiger partial charge in [-0.3, -0.25) is 0 Å². The second-order valence-electron chi connectivity index (χ2n) is 7.62. The van der Waals surface area contributed by atoms with Crippen molar-refractivity contribution in [1.82, 2.24) is 19.9 Å².